The van der Waals surface area contributed by atoms with Crippen molar-refractivity contribution in [1.29, 1.82) is 0 Å². The molecule has 0 saturated carbocycles. The molecule has 1 unspecified atom stereocenters. The summed E-state index contributed by atoms with van der Waals surface area (Å²) < 4.78 is 4.76. The lowest BCUT2D eigenvalue weighted by Gasteiger charge is -2.13. The Morgan fingerprint density at radius 3 is 2.73 bits per heavy atom. The molecular formula is C10H22N2O3. The maximum absolute atomic E-state index is 11.3. The Bertz CT molecular complexity index is 176. The van der Waals surface area contributed by atoms with Gasteiger partial charge in [0.25, 0.3) is 0 Å². The molecule has 0 bridgehead atoms. The van der Waals surface area contributed by atoms with Gasteiger partial charge in [-0.25, -0.2) is 0 Å². The SMILES string of the molecule is CCC[C@H](N)C(=O)NCCC(O)COC. The lowest BCUT2D eigenvalue weighted by Crippen LogP contribution is -2.41. The summed E-state index contributed by atoms with van der Waals surface area (Å²) in [5.41, 5.74) is 5.60. The van der Waals surface area contributed by atoms with Crippen LogP contribution in [0, 0.1) is 0 Å². The summed E-state index contributed by atoms with van der Waals surface area (Å²) in [6.07, 6.45) is 1.53. The van der Waals surface area contributed by atoms with E-state index < -0.39 is 12.1 Å². The number of carbonyl (C=O) groups is 1. The van der Waals surface area contributed by atoms with Crippen LogP contribution >= 0.6 is 0 Å². The fourth-order valence-electron chi connectivity index (χ4n) is 1.21. The van der Waals surface area contributed by atoms with Gasteiger partial charge in [0.05, 0.1) is 18.8 Å². The van der Waals surface area contributed by atoms with Crippen molar-refractivity contribution in [3.8, 4) is 0 Å². The number of aliphatic hydroxyl groups excluding tert-OH is 1. The first kappa shape index (κ1) is 14.3. The summed E-state index contributed by atoms with van der Waals surface area (Å²) in [6.45, 7) is 2.70. The molecule has 0 saturated heterocycles. The molecule has 0 heterocycles. The second kappa shape index (κ2) is 8.64. The summed E-state index contributed by atoms with van der Waals surface area (Å²) in [4.78, 5) is 11.3. The normalized spacial score (nSPS) is 14.7. The molecule has 1 amide bonds. The molecule has 0 fully saturated rings. The van der Waals surface area contributed by atoms with Gasteiger partial charge in [-0.15, -0.1) is 0 Å². The predicted molar refractivity (Wildman–Crippen MR) is 58.4 cm³/mol. The van der Waals surface area contributed by atoms with Crippen molar-refractivity contribution in [2.45, 2.75) is 38.3 Å². The van der Waals surface area contributed by atoms with E-state index in [0.717, 1.165) is 6.42 Å². The number of rotatable bonds is 8. The van der Waals surface area contributed by atoms with Crippen LogP contribution in [0.4, 0.5) is 0 Å². The zero-order valence-electron chi connectivity index (χ0n) is 9.53. The molecule has 0 rings (SSSR count). The number of carbonyl (C=O) groups excluding carboxylic acids is 1. The van der Waals surface area contributed by atoms with Crippen LogP contribution in [0.3, 0.4) is 0 Å². The van der Waals surface area contributed by atoms with Crippen molar-refractivity contribution in [2.75, 3.05) is 20.3 Å². The molecule has 4 N–H and O–H groups in total. The average Bonchev–Trinajstić information content (AvgIpc) is 2.18. The minimum atomic E-state index is -0.530. The number of methoxy groups -OCH3 is 1. The van der Waals surface area contributed by atoms with E-state index in [4.69, 9.17) is 10.5 Å². The van der Waals surface area contributed by atoms with Crippen LogP contribution in [0.25, 0.3) is 0 Å². The number of hydrogen-bond acceptors (Lipinski definition) is 4. The number of aliphatic hydroxyl groups is 1. The second-order valence-corrected chi connectivity index (χ2v) is 3.58. The molecule has 0 aliphatic rings. The molecule has 0 aliphatic carbocycles. The molecule has 15 heavy (non-hydrogen) atoms. The standard InChI is InChI=1S/C10H22N2O3/c1-3-4-9(11)10(14)12-6-5-8(13)7-15-2/h8-9,13H,3-7,11H2,1-2H3,(H,12,14)/t8?,9-/m0/s1. The van der Waals surface area contributed by atoms with Crippen LogP contribution in [0.15, 0.2) is 0 Å². The molecule has 0 aromatic heterocycles. The van der Waals surface area contributed by atoms with Crippen LogP contribution in [-0.4, -0.2) is 43.4 Å². The topological polar surface area (TPSA) is 84.6 Å². The van der Waals surface area contributed by atoms with Crippen LogP contribution in [0.1, 0.15) is 26.2 Å². The van der Waals surface area contributed by atoms with Crippen molar-refractivity contribution in [2.24, 2.45) is 5.73 Å². The van der Waals surface area contributed by atoms with Crippen LogP contribution in [0.5, 0.6) is 0 Å². The number of nitrogens with one attached hydrogen (secondary N) is 1. The van der Waals surface area contributed by atoms with Gasteiger partial charge >= 0.3 is 0 Å². The van der Waals surface area contributed by atoms with Crippen LogP contribution in [-0.2, 0) is 9.53 Å². The number of hydrogen-bond donors (Lipinski definition) is 3. The van der Waals surface area contributed by atoms with Gasteiger partial charge in [-0.05, 0) is 12.8 Å². The summed E-state index contributed by atoms with van der Waals surface area (Å²) in [6, 6.07) is -0.436. The number of ether oxygens (including phenoxy) is 1. The van der Waals surface area contributed by atoms with E-state index in [1.54, 1.807) is 0 Å². The van der Waals surface area contributed by atoms with Crippen molar-refractivity contribution >= 4 is 5.91 Å². The monoisotopic (exact) mass is 218 g/mol. The molecule has 5 heteroatoms. The van der Waals surface area contributed by atoms with E-state index in [0.29, 0.717) is 19.4 Å². The predicted octanol–water partition coefficient (Wildman–Crippen LogP) is -0.373. The molecule has 0 spiro atoms. The van der Waals surface area contributed by atoms with Crippen molar-refractivity contribution in [1.82, 2.24) is 5.32 Å². The Morgan fingerprint density at radius 1 is 1.53 bits per heavy atom. The van der Waals surface area contributed by atoms with Gasteiger partial charge in [0.1, 0.15) is 0 Å². The molecule has 2 atom stereocenters. The lowest BCUT2D eigenvalue weighted by atomic mass is 10.1. The maximum Gasteiger partial charge on any atom is 0.236 e. The van der Waals surface area contributed by atoms with Crippen molar-refractivity contribution < 1.29 is 14.6 Å². The second-order valence-electron chi connectivity index (χ2n) is 3.58. The Hall–Kier alpha value is -0.650. The summed E-state index contributed by atoms with van der Waals surface area (Å²) in [5.74, 6) is -0.151. The average molecular weight is 218 g/mol. The number of nitrogens with two attached hydrogens (primary N) is 1. The largest absolute Gasteiger partial charge is 0.391 e. The highest BCUT2D eigenvalue weighted by Crippen LogP contribution is 1.94. The van der Waals surface area contributed by atoms with E-state index in [1.165, 1.54) is 7.11 Å². The maximum atomic E-state index is 11.3. The van der Waals surface area contributed by atoms with Crippen LogP contribution in [0.2, 0.25) is 0 Å². The molecule has 0 aromatic carbocycles. The minimum Gasteiger partial charge on any atom is -0.391 e. The fraction of sp³-hybridized carbons (Fsp3) is 0.900. The van der Waals surface area contributed by atoms with Crippen LogP contribution < -0.4 is 11.1 Å². The van der Waals surface area contributed by atoms with Gasteiger partial charge in [-0.3, -0.25) is 4.79 Å². The Labute approximate surface area is 91.0 Å². The first-order valence-corrected chi connectivity index (χ1v) is 5.32. The zero-order valence-corrected chi connectivity index (χ0v) is 9.53. The van der Waals surface area contributed by atoms with Gasteiger partial charge in [0.2, 0.25) is 5.91 Å². The third-order valence-electron chi connectivity index (χ3n) is 2.07. The zero-order chi connectivity index (χ0) is 11.7. The highest BCUT2D eigenvalue weighted by molar-refractivity contribution is 5.81. The highest BCUT2D eigenvalue weighted by atomic mass is 16.5. The first-order valence-electron chi connectivity index (χ1n) is 5.32. The Morgan fingerprint density at radius 2 is 2.20 bits per heavy atom. The first-order chi connectivity index (χ1) is 7.11. The molecule has 5 nitrogen and oxygen atoms in total. The van der Waals surface area contributed by atoms with E-state index >= 15 is 0 Å². The van der Waals surface area contributed by atoms with Crippen molar-refractivity contribution in [3.05, 3.63) is 0 Å². The Kier molecular flexibility index (Phi) is 8.27. The van der Waals surface area contributed by atoms with Gasteiger partial charge in [0, 0.05) is 13.7 Å². The lowest BCUT2D eigenvalue weighted by molar-refractivity contribution is -0.122. The van der Waals surface area contributed by atoms with E-state index in [9.17, 15) is 9.90 Å². The summed E-state index contributed by atoms with van der Waals surface area (Å²) >= 11 is 0. The molecule has 0 radical (unpaired) electrons. The summed E-state index contributed by atoms with van der Waals surface area (Å²) in [7, 11) is 1.53. The fourth-order valence-corrected chi connectivity index (χ4v) is 1.21. The smallest absolute Gasteiger partial charge is 0.236 e. The van der Waals surface area contributed by atoms with Gasteiger partial charge in [0.15, 0.2) is 0 Å². The third-order valence-corrected chi connectivity index (χ3v) is 2.07. The van der Waals surface area contributed by atoms with E-state index in [1.807, 2.05) is 6.92 Å². The summed E-state index contributed by atoms with van der Waals surface area (Å²) in [5, 5.41) is 12.0. The Balaban J connectivity index is 3.54. The molecule has 0 aliphatic heterocycles. The van der Waals surface area contributed by atoms with Gasteiger partial charge in [-0.1, -0.05) is 13.3 Å². The van der Waals surface area contributed by atoms with Crippen molar-refractivity contribution in [3.63, 3.8) is 0 Å². The third kappa shape index (κ3) is 7.30. The molecule has 0 aromatic rings. The molecule has 90 valence electrons. The van der Waals surface area contributed by atoms with Gasteiger partial charge in [-0.2, -0.15) is 0 Å². The minimum absolute atomic E-state index is 0.151. The van der Waals surface area contributed by atoms with E-state index in [2.05, 4.69) is 5.32 Å². The number of amides is 1. The van der Waals surface area contributed by atoms with E-state index in [-0.39, 0.29) is 12.5 Å². The quantitative estimate of drug-likeness (QED) is 0.519. The van der Waals surface area contributed by atoms with Gasteiger partial charge < -0.3 is 20.9 Å². The molecular weight excluding hydrogens is 196 g/mol. The highest BCUT2D eigenvalue weighted by Gasteiger charge is 2.11.